The quantitative estimate of drug-likeness (QED) is 0.782. The van der Waals surface area contributed by atoms with Crippen LogP contribution in [0.15, 0.2) is 33.7 Å². The highest BCUT2D eigenvalue weighted by molar-refractivity contribution is 7.89. The molecule has 7 heteroatoms. The van der Waals surface area contributed by atoms with Crippen molar-refractivity contribution in [1.29, 1.82) is 0 Å². The van der Waals surface area contributed by atoms with Gasteiger partial charge >= 0.3 is 0 Å². The average molecular weight is 331 g/mol. The van der Waals surface area contributed by atoms with E-state index in [4.69, 9.17) is 4.52 Å². The van der Waals surface area contributed by atoms with E-state index in [1.807, 2.05) is 24.3 Å². The molecule has 0 saturated carbocycles. The number of nitrogens with one attached hydrogen (secondary N) is 1. The van der Waals surface area contributed by atoms with Gasteiger partial charge in [-0.1, -0.05) is 23.4 Å². The van der Waals surface area contributed by atoms with Crippen LogP contribution in [0.25, 0.3) is 10.9 Å². The summed E-state index contributed by atoms with van der Waals surface area (Å²) >= 11 is 0. The van der Waals surface area contributed by atoms with Crippen molar-refractivity contribution in [2.24, 2.45) is 0 Å². The second kappa shape index (κ2) is 4.94. The van der Waals surface area contributed by atoms with E-state index in [2.05, 4.69) is 10.1 Å². The average Bonchev–Trinajstić information content (AvgIpc) is 3.07. The molecule has 0 atom stereocenters. The Morgan fingerprint density at radius 3 is 2.78 bits per heavy atom. The first kappa shape index (κ1) is 14.5. The van der Waals surface area contributed by atoms with Gasteiger partial charge < -0.3 is 9.51 Å². The second-order valence-electron chi connectivity index (χ2n) is 5.87. The van der Waals surface area contributed by atoms with Gasteiger partial charge in [-0.25, -0.2) is 8.42 Å². The van der Waals surface area contributed by atoms with Gasteiger partial charge in [0.15, 0.2) is 5.76 Å². The first-order chi connectivity index (χ1) is 11.0. The van der Waals surface area contributed by atoms with E-state index in [9.17, 15) is 8.42 Å². The molecule has 0 aliphatic carbocycles. The molecular weight excluding hydrogens is 314 g/mol. The number of aryl methyl sites for hydroxylation is 2. The number of aromatic nitrogens is 2. The molecule has 2 aromatic heterocycles. The Balaban J connectivity index is 1.78. The van der Waals surface area contributed by atoms with Crippen LogP contribution in [0, 0.1) is 13.8 Å². The fraction of sp³-hybridized carbons (Fsp3) is 0.312. The molecule has 0 fully saturated rings. The summed E-state index contributed by atoms with van der Waals surface area (Å²) < 4.78 is 32.5. The Morgan fingerprint density at radius 2 is 2.04 bits per heavy atom. The van der Waals surface area contributed by atoms with Crippen LogP contribution in [0.1, 0.15) is 22.7 Å². The molecule has 120 valence electrons. The number of benzene rings is 1. The maximum absolute atomic E-state index is 13.0. The van der Waals surface area contributed by atoms with Crippen molar-refractivity contribution in [3.05, 3.63) is 47.0 Å². The fourth-order valence-electron chi connectivity index (χ4n) is 3.32. The summed E-state index contributed by atoms with van der Waals surface area (Å²) in [5.41, 5.74) is 3.64. The van der Waals surface area contributed by atoms with Gasteiger partial charge in [-0.05, 0) is 25.5 Å². The van der Waals surface area contributed by atoms with Crippen molar-refractivity contribution < 1.29 is 12.9 Å². The number of hydrogen-bond acceptors (Lipinski definition) is 4. The minimum Gasteiger partial charge on any atom is -0.360 e. The molecule has 0 bridgehead atoms. The summed E-state index contributed by atoms with van der Waals surface area (Å²) in [6.45, 7) is 4.11. The number of aromatic amines is 1. The summed E-state index contributed by atoms with van der Waals surface area (Å²) in [5.74, 6) is 0.340. The molecule has 3 heterocycles. The number of fused-ring (bicyclic) bond motifs is 3. The molecule has 1 aliphatic heterocycles. The third-order valence-corrected chi connectivity index (χ3v) is 6.50. The Labute approximate surface area is 134 Å². The fourth-order valence-corrected chi connectivity index (χ4v) is 5.02. The maximum atomic E-state index is 13.0. The topological polar surface area (TPSA) is 79.2 Å². The second-order valence-corrected chi connectivity index (χ2v) is 7.74. The molecule has 0 radical (unpaired) electrons. The number of H-pyrrole nitrogens is 1. The van der Waals surface area contributed by atoms with Crippen LogP contribution in [0.2, 0.25) is 0 Å². The molecule has 4 rings (SSSR count). The Hall–Kier alpha value is -2.12. The standard InChI is InChI=1S/C16H17N3O3S/c1-10-16(11(2)22-18-10)23(20,21)19-8-7-15-13(9-19)12-5-3-4-6-14(12)17-15/h3-6,17H,7-9H2,1-2H3. The summed E-state index contributed by atoms with van der Waals surface area (Å²) in [4.78, 5) is 3.59. The van der Waals surface area contributed by atoms with Gasteiger partial charge in [0.1, 0.15) is 10.6 Å². The number of rotatable bonds is 2. The lowest BCUT2D eigenvalue weighted by Crippen LogP contribution is -2.36. The molecule has 1 N–H and O–H groups in total. The first-order valence-electron chi connectivity index (χ1n) is 7.50. The number of nitrogens with zero attached hydrogens (tertiary/aromatic N) is 2. The summed E-state index contributed by atoms with van der Waals surface area (Å²) in [6.07, 6.45) is 0.673. The number of para-hydroxylation sites is 1. The smallest absolute Gasteiger partial charge is 0.248 e. The normalized spacial score (nSPS) is 15.9. The van der Waals surface area contributed by atoms with Crippen LogP contribution in [0.3, 0.4) is 0 Å². The van der Waals surface area contributed by atoms with Gasteiger partial charge in [0.25, 0.3) is 0 Å². The SMILES string of the molecule is Cc1noc(C)c1S(=O)(=O)N1CCc2[nH]c3ccccc3c2C1. The predicted molar refractivity (Wildman–Crippen MR) is 85.6 cm³/mol. The minimum absolute atomic E-state index is 0.195. The Morgan fingerprint density at radius 1 is 1.26 bits per heavy atom. The molecule has 0 saturated heterocycles. The van der Waals surface area contributed by atoms with Gasteiger partial charge in [0.05, 0.1) is 0 Å². The van der Waals surface area contributed by atoms with Gasteiger partial charge in [0.2, 0.25) is 10.0 Å². The highest BCUT2D eigenvalue weighted by Crippen LogP contribution is 2.32. The van der Waals surface area contributed by atoms with Crippen molar-refractivity contribution >= 4 is 20.9 Å². The first-order valence-corrected chi connectivity index (χ1v) is 8.94. The van der Waals surface area contributed by atoms with E-state index in [0.29, 0.717) is 31.0 Å². The van der Waals surface area contributed by atoms with E-state index in [0.717, 1.165) is 22.2 Å². The molecule has 1 aromatic carbocycles. The van der Waals surface area contributed by atoms with Crippen molar-refractivity contribution in [1.82, 2.24) is 14.4 Å². The van der Waals surface area contributed by atoms with Crippen molar-refractivity contribution in [2.45, 2.75) is 31.7 Å². The largest absolute Gasteiger partial charge is 0.360 e. The van der Waals surface area contributed by atoms with Crippen LogP contribution >= 0.6 is 0 Å². The zero-order chi connectivity index (χ0) is 16.2. The number of sulfonamides is 1. The van der Waals surface area contributed by atoms with E-state index in [1.165, 1.54) is 4.31 Å². The summed E-state index contributed by atoms with van der Waals surface area (Å²) in [6, 6.07) is 7.98. The Kier molecular flexibility index (Phi) is 3.11. The predicted octanol–water partition coefficient (Wildman–Crippen LogP) is 2.52. The van der Waals surface area contributed by atoms with Crippen LogP contribution in [0.4, 0.5) is 0 Å². The zero-order valence-electron chi connectivity index (χ0n) is 13.0. The summed E-state index contributed by atoms with van der Waals surface area (Å²) in [7, 11) is -3.61. The highest BCUT2D eigenvalue weighted by atomic mass is 32.2. The Bertz CT molecular complexity index is 981. The molecule has 1 aliphatic rings. The molecule has 23 heavy (non-hydrogen) atoms. The van der Waals surface area contributed by atoms with Gasteiger partial charge in [0, 0.05) is 36.1 Å². The summed E-state index contributed by atoms with van der Waals surface area (Å²) in [5, 5.41) is 4.86. The van der Waals surface area contributed by atoms with E-state index in [1.54, 1.807) is 13.8 Å². The monoisotopic (exact) mass is 331 g/mol. The molecule has 0 spiro atoms. The van der Waals surface area contributed by atoms with E-state index < -0.39 is 10.0 Å². The molecule has 3 aromatic rings. The molecule has 6 nitrogen and oxygen atoms in total. The van der Waals surface area contributed by atoms with Crippen molar-refractivity contribution in [3.8, 4) is 0 Å². The van der Waals surface area contributed by atoms with E-state index >= 15 is 0 Å². The molecule has 0 unspecified atom stereocenters. The minimum atomic E-state index is -3.61. The van der Waals surface area contributed by atoms with Crippen LogP contribution in [-0.2, 0) is 23.0 Å². The lowest BCUT2D eigenvalue weighted by atomic mass is 10.1. The maximum Gasteiger partial charge on any atom is 0.248 e. The van der Waals surface area contributed by atoms with E-state index in [-0.39, 0.29) is 4.90 Å². The van der Waals surface area contributed by atoms with Crippen molar-refractivity contribution in [3.63, 3.8) is 0 Å². The zero-order valence-corrected chi connectivity index (χ0v) is 13.8. The third-order valence-electron chi connectivity index (χ3n) is 4.41. The van der Waals surface area contributed by atoms with Crippen molar-refractivity contribution in [2.75, 3.05) is 6.54 Å². The lowest BCUT2D eigenvalue weighted by Gasteiger charge is -2.26. The number of hydrogen-bond donors (Lipinski definition) is 1. The van der Waals surface area contributed by atoms with Crippen LogP contribution in [0.5, 0.6) is 0 Å². The molecule has 0 amide bonds. The van der Waals surface area contributed by atoms with Gasteiger partial charge in [-0.15, -0.1) is 0 Å². The lowest BCUT2D eigenvalue weighted by molar-refractivity contribution is 0.381. The van der Waals surface area contributed by atoms with Gasteiger partial charge in [-0.2, -0.15) is 4.31 Å². The molecular formula is C16H17N3O3S. The van der Waals surface area contributed by atoms with Crippen LogP contribution < -0.4 is 0 Å². The van der Waals surface area contributed by atoms with Gasteiger partial charge in [-0.3, -0.25) is 0 Å². The highest BCUT2D eigenvalue weighted by Gasteiger charge is 2.34. The third kappa shape index (κ3) is 2.11. The van der Waals surface area contributed by atoms with Crippen LogP contribution in [-0.4, -0.2) is 29.4 Å².